The van der Waals surface area contributed by atoms with E-state index in [1.54, 1.807) is 12.1 Å². The molecule has 1 unspecified atom stereocenters. The van der Waals surface area contributed by atoms with Crippen LogP contribution in [-0.2, 0) is 9.47 Å². The number of carbonyl (C=O) groups is 1. The van der Waals surface area contributed by atoms with Crippen LogP contribution in [0.5, 0.6) is 11.5 Å². The maximum atomic E-state index is 13.0. The van der Waals surface area contributed by atoms with Crippen molar-refractivity contribution in [2.75, 3.05) is 33.8 Å². The van der Waals surface area contributed by atoms with E-state index in [2.05, 4.69) is 11.0 Å². The van der Waals surface area contributed by atoms with Gasteiger partial charge in [-0.05, 0) is 89.5 Å². The smallest absolute Gasteiger partial charge is 0.410 e. The third-order valence-corrected chi connectivity index (χ3v) is 7.53. The SMILES string of the molecule is CN(C)CCN(C(=O)OC(C)(C)C)C1CC(Oc2cc(-c3ccc(O)cc3)cc3c2cnn3C2CCCCO2)C1. The molecule has 2 aromatic carbocycles. The molecule has 0 bridgehead atoms. The maximum absolute atomic E-state index is 13.0. The van der Waals surface area contributed by atoms with Crippen LogP contribution in [-0.4, -0.2) is 82.3 Å². The van der Waals surface area contributed by atoms with E-state index in [-0.39, 0.29) is 30.2 Å². The summed E-state index contributed by atoms with van der Waals surface area (Å²) in [5, 5.41) is 15.5. The topological polar surface area (TPSA) is 89.3 Å². The molecule has 1 aliphatic heterocycles. The number of ether oxygens (including phenoxy) is 3. The van der Waals surface area contributed by atoms with Gasteiger partial charge in [0.2, 0.25) is 0 Å². The molecule has 2 heterocycles. The van der Waals surface area contributed by atoms with Gasteiger partial charge in [0.1, 0.15) is 23.2 Å². The summed E-state index contributed by atoms with van der Waals surface area (Å²) in [7, 11) is 4.01. The van der Waals surface area contributed by atoms with Gasteiger partial charge in [-0.1, -0.05) is 12.1 Å². The number of aromatic nitrogens is 2. The fraction of sp³-hybridized carbons (Fsp3) is 0.548. The Balaban J connectivity index is 1.38. The molecular formula is C31H42N4O5. The van der Waals surface area contributed by atoms with Crippen molar-refractivity contribution < 1.29 is 24.1 Å². The molecule has 1 atom stereocenters. The molecular weight excluding hydrogens is 508 g/mol. The van der Waals surface area contributed by atoms with E-state index in [0.29, 0.717) is 6.54 Å². The number of phenols is 1. The van der Waals surface area contributed by atoms with Crippen molar-refractivity contribution in [3.8, 4) is 22.6 Å². The van der Waals surface area contributed by atoms with Crippen molar-refractivity contribution >= 4 is 17.0 Å². The number of carbonyl (C=O) groups excluding carboxylic acids is 1. The molecule has 9 heteroatoms. The molecule has 3 aromatic rings. The molecule has 1 saturated heterocycles. The Bertz CT molecular complexity index is 1300. The molecule has 1 aromatic heterocycles. The number of phenolic OH excluding ortho intramolecular Hbond substituents is 1. The number of rotatable bonds is 8. The molecule has 0 spiro atoms. The van der Waals surface area contributed by atoms with Gasteiger partial charge in [0.15, 0.2) is 6.23 Å². The third kappa shape index (κ3) is 6.53. The van der Waals surface area contributed by atoms with Gasteiger partial charge in [-0.3, -0.25) is 0 Å². The van der Waals surface area contributed by atoms with Gasteiger partial charge in [0, 0.05) is 38.6 Å². The van der Waals surface area contributed by atoms with Gasteiger partial charge in [0.25, 0.3) is 0 Å². The second-order valence-electron chi connectivity index (χ2n) is 12.2. The fourth-order valence-corrected chi connectivity index (χ4v) is 5.30. The molecule has 0 radical (unpaired) electrons. The number of fused-ring (bicyclic) bond motifs is 1. The predicted octanol–water partition coefficient (Wildman–Crippen LogP) is 5.82. The summed E-state index contributed by atoms with van der Waals surface area (Å²) >= 11 is 0. The lowest BCUT2D eigenvalue weighted by molar-refractivity contribution is -0.0366. The monoisotopic (exact) mass is 550 g/mol. The molecule has 1 amide bonds. The summed E-state index contributed by atoms with van der Waals surface area (Å²) in [5.74, 6) is 0.995. The predicted molar refractivity (Wildman–Crippen MR) is 155 cm³/mol. The number of hydrogen-bond donors (Lipinski definition) is 1. The number of benzene rings is 2. The summed E-state index contributed by atoms with van der Waals surface area (Å²) in [6.45, 7) is 7.79. The Morgan fingerprint density at radius 2 is 1.85 bits per heavy atom. The first-order chi connectivity index (χ1) is 19.1. The second kappa shape index (κ2) is 11.7. The quantitative estimate of drug-likeness (QED) is 0.378. The van der Waals surface area contributed by atoms with Crippen molar-refractivity contribution in [3.05, 3.63) is 42.6 Å². The van der Waals surface area contributed by atoms with Crippen LogP contribution >= 0.6 is 0 Å². The third-order valence-electron chi connectivity index (χ3n) is 7.53. The highest BCUT2D eigenvalue weighted by Crippen LogP contribution is 2.39. The lowest BCUT2D eigenvalue weighted by Crippen LogP contribution is -2.54. The summed E-state index contributed by atoms with van der Waals surface area (Å²) in [4.78, 5) is 17.0. The van der Waals surface area contributed by atoms with Crippen LogP contribution in [0.25, 0.3) is 22.0 Å². The molecule has 5 rings (SSSR count). The molecule has 216 valence electrons. The molecule has 1 N–H and O–H groups in total. The standard InChI is InChI=1S/C31H42N4O5/c1-31(2,3)40-30(37)34(14-13-33(4)5)23-18-25(19-23)39-28-17-22(21-9-11-24(36)12-10-21)16-27-26(28)20-32-35(27)29-8-6-7-15-38-29/h9-12,16-17,20,23,25,29,36H,6-8,13-15,18-19H2,1-5H3. The van der Waals surface area contributed by atoms with Crippen molar-refractivity contribution in [2.24, 2.45) is 0 Å². The number of likely N-dealkylation sites (N-methyl/N-ethyl adjacent to an activating group) is 1. The van der Waals surface area contributed by atoms with E-state index < -0.39 is 5.60 Å². The van der Waals surface area contributed by atoms with Crippen LogP contribution in [0.1, 0.15) is 59.1 Å². The molecule has 1 aliphatic carbocycles. The zero-order valence-corrected chi connectivity index (χ0v) is 24.3. The van der Waals surface area contributed by atoms with Crippen molar-refractivity contribution in [3.63, 3.8) is 0 Å². The Hall–Kier alpha value is -3.30. The van der Waals surface area contributed by atoms with Gasteiger partial charge >= 0.3 is 6.09 Å². The first kappa shape index (κ1) is 28.2. The van der Waals surface area contributed by atoms with Gasteiger partial charge in [0.05, 0.1) is 17.1 Å². The van der Waals surface area contributed by atoms with E-state index in [4.69, 9.17) is 19.3 Å². The minimum Gasteiger partial charge on any atom is -0.508 e. The number of nitrogens with zero attached hydrogens (tertiary/aromatic N) is 4. The fourth-order valence-electron chi connectivity index (χ4n) is 5.30. The highest BCUT2D eigenvalue weighted by molar-refractivity contribution is 5.90. The van der Waals surface area contributed by atoms with Crippen molar-refractivity contribution in [1.29, 1.82) is 0 Å². The summed E-state index contributed by atoms with van der Waals surface area (Å²) in [6, 6.07) is 11.4. The maximum Gasteiger partial charge on any atom is 0.410 e. The zero-order valence-electron chi connectivity index (χ0n) is 24.3. The van der Waals surface area contributed by atoms with E-state index in [0.717, 1.165) is 73.0 Å². The van der Waals surface area contributed by atoms with Crippen molar-refractivity contribution in [2.45, 2.75) is 76.9 Å². The molecule has 1 saturated carbocycles. The van der Waals surface area contributed by atoms with Crippen LogP contribution < -0.4 is 4.74 Å². The Morgan fingerprint density at radius 3 is 2.50 bits per heavy atom. The lowest BCUT2D eigenvalue weighted by atomic mass is 9.87. The van der Waals surface area contributed by atoms with Gasteiger partial charge in [-0.25, -0.2) is 9.48 Å². The highest BCUT2D eigenvalue weighted by atomic mass is 16.6. The van der Waals surface area contributed by atoms with E-state index in [1.807, 2.05) is 68.8 Å². The number of amides is 1. The minimum atomic E-state index is -0.546. The Labute approximate surface area is 236 Å². The Morgan fingerprint density at radius 1 is 1.10 bits per heavy atom. The number of hydrogen-bond acceptors (Lipinski definition) is 7. The summed E-state index contributed by atoms with van der Waals surface area (Å²) < 4.78 is 20.4. The van der Waals surface area contributed by atoms with Crippen LogP contribution in [0.2, 0.25) is 0 Å². The second-order valence-corrected chi connectivity index (χ2v) is 12.2. The molecule has 2 aliphatic rings. The molecule has 40 heavy (non-hydrogen) atoms. The average molecular weight is 551 g/mol. The zero-order chi connectivity index (χ0) is 28.4. The largest absolute Gasteiger partial charge is 0.508 e. The van der Waals surface area contributed by atoms with E-state index in [9.17, 15) is 9.90 Å². The number of aromatic hydroxyl groups is 1. The summed E-state index contributed by atoms with van der Waals surface area (Å²) in [6.07, 6.45) is 6.04. The minimum absolute atomic E-state index is 0.0261. The average Bonchev–Trinajstić information content (AvgIpc) is 3.31. The van der Waals surface area contributed by atoms with Crippen LogP contribution in [0.15, 0.2) is 42.6 Å². The van der Waals surface area contributed by atoms with Crippen molar-refractivity contribution in [1.82, 2.24) is 19.6 Å². The van der Waals surface area contributed by atoms with Crippen LogP contribution in [0, 0.1) is 0 Å². The Kier molecular flexibility index (Phi) is 8.24. The van der Waals surface area contributed by atoms with Crippen LogP contribution in [0.3, 0.4) is 0 Å². The van der Waals surface area contributed by atoms with Gasteiger partial charge in [-0.2, -0.15) is 5.10 Å². The first-order valence-electron chi connectivity index (χ1n) is 14.3. The first-order valence-corrected chi connectivity index (χ1v) is 14.3. The highest BCUT2D eigenvalue weighted by Gasteiger charge is 2.39. The normalized spacial score (nSPS) is 21.3. The van der Waals surface area contributed by atoms with Gasteiger partial charge < -0.3 is 29.1 Å². The van der Waals surface area contributed by atoms with Crippen LogP contribution in [0.4, 0.5) is 4.79 Å². The summed E-state index contributed by atoms with van der Waals surface area (Å²) in [5.41, 5.74) is 2.38. The van der Waals surface area contributed by atoms with Gasteiger partial charge in [-0.15, -0.1) is 0 Å². The molecule has 9 nitrogen and oxygen atoms in total. The van der Waals surface area contributed by atoms with E-state index >= 15 is 0 Å². The lowest BCUT2D eigenvalue weighted by Gasteiger charge is -2.43. The van der Waals surface area contributed by atoms with E-state index in [1.165, 1.54) is 0 Å². The molecule has 2 fully saturated rings.